The summed E-state index contributed by atoms with van der Waals surface area (Å²) in [6.07, 6.45) is 4.12. The molecule has 0 aliphatic carbocycles. The van der Waals surface area contributed by atoms with Crippen molar-refractivity contribution < 1.29 is 13.6 Å². The Hall–Kier alpha value is -3.75. The number of halogens is 2. The second-order valence-electron chi connectivity index (χ2n) is 6.90. The lowest BCUT2D eigenvalue weighted by Crippen LogP contribution is -2.20. The van der Waals surface area contributed by atoms with Gasteiger partial charge in [-0.15, -0.1) is 5.10 Å². The van der Waals surface area contributed by atoms with Crippen LogP contribution >= 0.6 is 0 Å². The number of benzene rings is 2. The number of carbonyl (C=O) groups is 1. The molecular weight excluding hydrogens is 390 g/mol. The van der Waals surface area contributed by atoms with E-state index in [1.54, 1.807) is 30.5 Å². The number of carbonyl (C=O) groups excluding carboxylic acids is 1. The van der Waals surface area contributed by atoms with Gasteiger partial charge in [-0.3, -0.25) is 0 Å². The van der Waals surface area contributed by atoms with E-state index in [2.05, 4.69) is 31.0 Å². The third kappa shape index (κ3) is 4.80. The molecule has 1 aliphatic heterocycles. The van der Waals surface area contributed by atoms with Crippen molar-refractivity contribution in [3.63, 3.8) is 0 Å². The van der Waals surface area contributed by atoms with Gasteiger partial charge in [0.2, 0.25) is 0 Å². The zero-order valence-corrected chi connectivity index (χ0v) is 16.0. The summed E-state index contributed by atoms with van der Waals surface area (Å²) < 4.78 is 26.6. The molecule has 0 bridgehead atoms. The maximum Gasteiger partial charge on any atom is 0.323 e. The average Bonchev–Trinajstić information content (AvgIpc) is 3.27. The Kier molecular flexibility index (Phi) is 5.69. The molecule has 30 heavy (non-hydrogen) atoms. The minimum Gasteiger partial charge on any atom is -0.370 e. The van der Waals surface area contributed by atoms with Crippen LogP contribution < -0.4 is 20.9 Å². The van der Waals surface area contributed by atoms with Crippen LogP contribution in [0.25, 0.3) is 0 Å². The van der Waals surface area contributed by atoms with E-state index >= 15 is 0 Å². The molecule has 4 rings (SSSR count). The number of hydrogen-bond acceptors (Lipinski definition) is 5. The van der Waals surface area contributed by atoms with Crippen molar-refractivity contribution in [3.8, 4) is 0 Å². The third-order valence-electron chi connectivity index (χ3n) is 4.71. The first-order valence-corrected chi connectivity index (χ1v) is 9.55. The summed E-state index contributed by atoms with van der Waals surface area (Å²) in [5.74, 6) is -0.927. The van der Waals surface area contributed by atoms with Crippen molar-refractivity contribution in [2.24, 2.45) is 0 Å². The van der Waals surface area contributed by atoms with Gasteiger partial charge in [0.1, 0.15) is 11.6 Å². The molecule has 7 nitrogen and oxygen atoms in total. The predicted octanol–water partition coefficient (Wildman–Crippen LogP) is 4.74. The number of nitrogens with zero attached hydrogens (tertiary/aromatic N) is 3. The summed E-state index contributed by atoms with van der Waals surface area (Å²) in [6.45, 7) is 2.05. The van der Waals surface area contributed by atoms with Gasteiger partial charge in [0.25, 0.3) is 0 Å². The molecule has 1 aromatic heterocycles. The summed E-state index contributed by atoms with van der Waals surface area (Å²) in [5.41, 5.74) is 2.22. The normalized spacial score (nSPS) is 13.2. The summed E-state index contributed by atoms with van der Waals surface area (Å²) >= 11 is 0. The van der Waals surface area contributed by atoms with Gasteiger partial charge >= 0.3 is 6.03 Å². The Labute approximate surface area is 172 Å². The molecule has 2 aromatic carbocycles. The SMILES string of the molecule is O=C(Nc1ccc(Nc2cc(N3CCCC3)cnn2)cc1)Nc1ccc(F)cc1F. The van der Waals surface area contributed by atoms with Crippen LogP contribution in [0.15, 0.2) is 54.7 Å². The lowest BCUT2D eigenvalue weighted by atomic mass is 10.2. The summed E-state index contributed by atoms with van der Waals surface area (Å²) in [5, 5.41) is 16.3. The fraction of sp³-hybridized carbons (Fsp3) is 0.190. The van der Waals surface area contributed by atoms with Gasteiger partial charge in [0, 0.05) is 36.6 Å². The largest absolute Gasteiger partial charge is 0.370 e. The Morgan fingerprint density at radius 3 is 2.40 bits per heavy atom. The van der Waals surface area contributed by atoms with Crippen LogP contribution in [0.4, 0.5) is 42.1 Å². The Balaban J connectivity index is 1.36. The van der Waals surface area contributed by atoms with Crippen LogP contribution in [0.1, 0.15) is 12.8 Å². The number of urea groups is 1. The van der Waals surface area contributed by atoms with Crippen molar-refractivity contribution in [3.05, 3.63) is 66.4 Å². The van der Waals surface area contributed by atoms with Crippen LogP contribution in [-0.2, 0) is 0 Å². The predicted molar refractivity (Wildman–Crippen MR) is 112 cm³/mol. The molecule has 2 heterocycles. The standard InChI is InChI=1S/C21H20F2N6O/c22-14-3-8-19(18(23)11-14)27-21(30)26-16-6-4-15(5-7-16)25-20-12-17(13-24-28-20)29-9-1-2-10-29/h3-8,11-13H,1-2,9-10H2,(H,25,28)(H2,26,27,30). The van der Waals surface area contributed by atoms with E-state index in [1.807, 2.05) is 6.07 Å². The van der Waals surface area contributed by atoms with E-state index in [0.717, 1.165) is 36.6 Å². The maximum absolute atomic E-state index is 13.6. The highest BCUT2D eigenvalue weighted by molar-refractivity contribution is 5.99. The van der Waals surface area contributed by atoms with Crippen LogP contribution in [0.5, 0.6) is 0 Å². The monoisotopic (exact) mass is 410 g/mol. The van der Waals surface area contributed by atoms with Gasteiger partial charge in [-0.1, -0.05) is 0 Å². The number of nitrogens with one attached hydrogen (secondary N) is 3. The van der Waals surface area contributed by atoms with Gasteiger partial charge in [-0.2, -0.15) is 5.10 Å². The fourth-order valence-corrected chi connectivity index (χ4v) is 3.23. The Morgan fingerprint density at radius 2 is 1.67 bits per heavy atom. The van der Waals surface area contributed by atoms with Crippen molar-refractivity contribution in [2.45, 2.75) is 12.8 Å². The highest BCUT2D eigenvalue weighted by Gasteiger charge is 2.13. The number of anilines is 5. The van der Waals surface area contributed by atoms with Crippen LogP contribution in [-0.4, -0.2) is 29.3 Å². The first-order chi connectivity index (χ1) is 14.6. The summed E-state index contributed by atoms with van der Waals surface area (Å²) in [4.78, 5) is 14.3. The quantitative estimate of drug-likeness (QED) is 0.566. The molecule has 3 N–H and O–H groups in total. The van der Waals surface area contributed by atoms with E-state index in [9.17, 15) is 13.6 Å². The molecule has 0 spiro atoms. The number of rotatable bonds is 5. The van der Waals surface area contributed by atoms with E-state index < -0.39 is 17.7 Å². The molecule has 1 saturated heterocycles. The lowest BCUT2D eigenvalue weighted by Gasteiger charge is -2.17. The minimum atomic E-state index is -0.845. The lowest BCUT2D eigenvalue weighted by molar-refractivity contribution is 0.262. The molecule has 0 radical (unpaired) electrons. The second kappa shape index (κ2) is 8.73. The van der Waals surface area contributed by atoms with E-state index in [0.29, 0.717) is 17.6 Å². The molecule has 9 heteroatoms. The zero-order chi connectivity index (χ0) is 20.9. The first kappa shape index (κ1) is 19.6. The molecule has 0 saturated carbocycles. The Bertz CT molecular complexity index is 1040. The number of aromatic nitrogens is 2. The molecular formula is C21H20F2N6O. The van der Waals surface area contributed by atoms with Crippen LogP contribution in [0.3, 0.4) is 0 Å². The molecule has 0 atom stereocenters. The summed E-state index contributed by atoms with van der Waals surface area (Å²) in [7, 11) is 0. The van der Waals surface area contributed by atoms with Crippen molar-refractivity contribution in [2.75, 3.05) is 33.9 Å². The fourth-order valence-electron chi connectivity index (χ4n) is 3.23. The zero-order valence-electron chi connectivity index (χ0n) is 16.0. The minimum absolute atomic E-state index is 0.108. The highest BCUT2D eigenvalue weighted by Crippen LogP contribution is 2.23. The van der Waals surface area contributed by atoms with Crippen molar-refractivity contribution in [1.29, 1.82) is 0 Å². The Morgan fingerprint density at radius 1 is 0.933 bits per heavy atom. The number of hydrogen-bond donors (Lipinski definition) is 3. The molecule has 0 unspecified atom stereocenters. The average molecular weight is 410 g/mol. The molecule has 2 amide bonds. The van der Waals surface area contributed by atoms with Crippen molar-refractivity contribution in [1.82, 2.24) is 10.2 Å². The maximum atomic E-state index is 13.6. The number of amides is 2. The van der Waals surface area contributed by atoms with Gasteiger partial charge in [-0.25, -0.2) is 13.6 Å². The summed E-state index contributed by atoms with van der Waals surface area (Å²) in [6, 6.07) is 11.2. The van der Waals surface area contributed by atoms with E-state index in [4.69, 9.17) is 0 Å². The third-order valence-corrected chi connectivity index (χ3v) is 4.71. The topological polar surface area (TPSA) is 82.2 Å². The van der Waals surface area contributed by atoms with E-state index in [-0.39, 0.29) is 5.69 Å². The highest BCUT2D eigenvalue weighted by atomic mass is 19.1. The van der Waals surface area contributed by atoms with Gasteiger partial charge in [0.05, 0.1) is 17.6 Å². The van der Waals surface area contributed by atoms with Gasteiger partial charge < -0.3 is 20.9 Å². The van der Waals surface area contributed by atoms with E-state index in [1.165, 1.54) is 12.8 Å². The molecule has 3 aromatic rings. The molecule has 1 aliphatic rings. The smallest absolute Gasteiger partial charge is 0.323 e. The van der Waals surface area contributed by atoms with Crippen LogP contribution in [0, 0.1) is 11.6 Å². The molecule has 1 fully saturated rings. The van der Waals surface area contributed by atoms with Crippen LogP contribution in [0.2, 0.25) is 0 Å². The van der Waals surface area contributed by atoms with Gasteiger partial charge in [0.15, 0.2) is 5.82 Å². The first-order valence-electron chi connectivity index (χ1n) is 9.55. The molecule has 154 valence electrons. The second-order valence-corrected chi connectivity index (χ2v) is 6.90. The van der Waals surface area contributed by atoms with Gasteiger partial charge in [-0.05, 0) is 49.2 Å². The van der Waals surface area contributed by atoms with Crippen molar-refractivity contribution >= 4 is 34.6 Å².